The lowest BCUT2D eigenvalue weighted by molar-refractivity contribution is -0.132. The lowest BCUT2D eigenvalue weighted by Crippen LogP contribution is -2.55. The summed E-state index contributed by atoms with van der Waals surface area (Å²) in [5, 5.41) is 16.4. The quantitative estimate of drug-likeness (QED) is 0.665. The zero-order valence-corrected chi connectivity index (χ0v) is 13.6. The Morgan fingerprint density at radius 1 is 1.21 bits per heavy atom. The van der Waals surface area contributed by atoms with E-state index in [-0.39, 0.29) is 23.5 Å². The minimum absolute atomic E-state index is 0.0686. The number of carbonyl (C=O) groups excluding carboxylic acids is 1. The van der Waals surface area contributed by atoms with Gasteiger partial charge in [0.25, 0.3) is 5.91 Å². The summed E-state index contributed by atoms with van der Waals surface area (Å²) in [5.41, 5.74) is -0.120. The van der Waals surface area contributed by atoms with Crippen LogP contribution in [0.25, 0.3) is 0 Å². The molecule has 0 aromatic heterocycles. The van der Waals surface area contributed by atoms with Crippen LogP contribution in [-0.2, 0) is 4.79 Å². The number of carbonyl (C=O) groups is 1. The highest BCUT2D eigenvalue weighted by Crippen LogP contribution is 2.10. The van der Waals surface area contributed by atoms with Crippen molar-refractivity contribution in [3.05, 3.63) is 0 Å². The number of aliphatic hydroxyl groups excluding tert-OH is 1. The average molecular weight is 272 g/mol. The van der Waals surface area contributed by atoms with Crippen LogP contribution in [0.15, 0.2) is 0 Å². The fourth-order valence-electron chi connectivity index (χ4n) is 1.84. The first kappa shape index (κ1) is 18.4. The maximum absolute atomic E-state index is 12.1. The van der Waals surface area contributed by atoms with E-state index in [1.807, 2.05) is 41.5 Å². The number of hydrogen-bond donors (Lipinski definition) is 3. The van der Waals surface area contributed by atoms with Gasteiger partial charge in [-0.2, -0.15) is 0 Å². The summed E-state index contributed by atoms with van der Waals surface area (Å²) in [6.45, 7) is 14.2. The van der Waals surface area contributed by atoms with E-state index in [1.54, 1.807) is 0 Å². The molecule has 3 unspecified atom stereocenters. The van der Waals surface area contributed by atoms with Gasteiger partial charge in [-0.25, -0.2) is 0 Å². The molecule has 0 aromatic rings. The molecule has 0 aliphatic rings. The van der Waals surface area contributed by atoms with Gasteiger partial charge in [0, 0.05) is 17.6 Å². The maximum atomic E-state index is 12.1. The van der Waals surface area contributed by atoms with Crippen molar-refractivity contribution in [2.75, 3.05) is 0 Å². The van der Waals surface area contributed by atoms with Crippen LogP contribution in [-0.4, -0.2) is 34.7 Å². The Morgan fingerprint density at radius 3 is 2.11 bits per heavy atom. The summed E-state index contributed by atoms with van der Waals surface area (Å²) in [6.07, 6.45) is 0.708. The number of rotatable bonds is 7. The van der Waals surface area contributed by atoms with Gasteiger partial charge in [-0.3, -0.25) is 4.79 Å². The summed E-state index contributed by atoms with van der Waals surface area (Å²) >= 11 is 0. The van der Waals surface area contributed by atoms with E-state index >= 15 is 0 Å². The van der Waals surface area contributed by atoms with Crippen LogP contribution >= 0.6 is 0 Å². The molecule has 0 aliphatic carbocycles. The van der Waals surface area contributed by atoms with Crippen molar-refractivity contribution in [1.82, 2.24) is 10.6 Å². The molecule has 4 nitrogen and oxygen atoms in total. The molecule has 0 spiro atoms. The third-order valence-electron chi connectivity index (χ3n) is 3.24. The summed E-state index contributed by atoms with van der Waals surface area (Å²) < 4.78 is 0. The summed E-state index contributed by atoms with van der Waals surface area (Å²) in [4.78, 5) is 12.1. The van der Waals surface area contributed by atoms with Gasteiger partial charge in [0.15, 0.2) is 0 Å². The topological polar surface area (TPSA) is 61.4 Å². The molecule has 114 valence electrons. The smallest absolute Gasteiger partial charge is 0.250 e. The number of nitrogens with one attached hydrogen (secondary N) is 2. The lowest BCUT2D eigenvalue weighted by Gasteiger charge is -2.32. The van der Waals surface area contributed by atoms with Gasteiger partial charge in [0.1, 0.15) is 6.10 Å². The standard InChI is InChI=1S/C15H32N2O2/c1-8-9-12(17-15(5,6)7)13(18)14(19)16-11(4)10(2)3/h10-13,17-18H,8-9H2,1-7H3,(H,16,19). The van der Waals surface area contributed by atoms with Crippen LogP contribution in [0.2, 0.25) is 0 Å². The summed E-state index contributed by atoms with van der Waals surface area (Å²) in [6, 6.07) is -0.136. The first-order chi connectivity index (χ1) is 8.58. The second-order valence-corrected chi connectivity index (χ2v) is 6.78. The van der Waals surface area contributed by atoms with Crippen LogP contribution in [0.4, 0.5) is 0 Å². The first-order valence-electron chi connectivity index (χ1n) is 7.34. The summed E-state index contributed by atoms with van der Waals surface area (Å²) in [5.74, 6) is 0.0766. The van der Waals surface area contributed by atoms with E-state index in [1.165, 1.54) is 0 Å². The predicted octanol–water partition coefficient (Wildman–Crippen LogP) is 2.06. The van der Waals surface area contributed by atoms with Gasteiger partial charge in [0.05, 0.1) is 0 Å². The molecule has 0 saturated carbocycles. The second kappa shape index (κ2) is 7.85. The zero-order chi connectivity index (χ0) is 15.2. The van der Waals surface area contributed by atoms with Crippen molar-refractivity contribution in [3.8, 4) is 0 Å². The van der Waals surface area contributed by atoms with Crippen LogP contribution in [0.1, 0.15) is 61.3 Å². The van der Waals surface area contributed by atoms with Gasteiger partial charge >= 0.3 is 0 Å². The molecule has 0 heterocycles. The minimum Gasteiger partial charge on any atom is -0.382 e. The van der Waals surface area contributed by atoms with E-state index in [0.29, 0.717) is 5.92 Å². The zero-order valence-electron chi connectivity index (χ0n) is 13.6. The highest BCUT2D eigenvalue weighted by molar-refractivity contribution is 5.81. The minimum atomic E-state index is -1.000. The van der Waals surface area contributed by atoms with Gasteiger partial charge in [-0.1, -0.05) is 27.2 Å². The molecule has 0 radical (unpaired) electrons. The molecule has 0 saturated heterocycles. The van der Waals surface area contributed by atoms with Gasteiger partial charge in [0.2, 0.25) is 0 Å². The maximum Gasteiger partial charge on any atom is 0.250 e. The van der Waals surface area contributed by atoms with Crippen LogP contribution in [0.3, 0.4) is 0 Å². The normalized spacial score (nSPS) is 17.1. The number of amides is 1. The fourth-order valence-corrected chi connectivity index (χ4v) is 1.84. The van der Waals surface area contributed by atoms with E-state index in [4.69, 9.17) is 0 Å². The molecule has 4 heteroatoms. The van der Waals surface area contributed by atoms with E-state index in [0.717, 1.165) is 12.8 Å². The Balaban J connectivity index is 4.61. The van der Waals surface area contributed by atoms with Gasteiger partial charge in [-0.05, 0) is 40.0 Å². The lowest BCUT2D eigenvalue weighted by atomic mass is 9.99. The Bertz CT molecular complexity index is 272. The molecule has 0 aliphatic heterocycles. The molecule has 19 heavy (non-hydrogen) atoms. The average Bonchev–Trinajstić information content (AvgIpc) is 2.25. The van der Waals surface area contributed by atoms with Crippen molar-refractivity contribution in [1.29, 1.82) is 0 Å². The molecule has 3 atom stereocenters. The molecular weight excluding hydrogens is 240 g/mol. The molecule has 0 bridgehead atoms. The number of hydrogen-bond acceptors (Lipinski definition) is 3. The van der Waals surface area contributed by atoms with E-state index < -0.39 is 6.10 Å². The first-order valence-corrected chi connectivity index (χ1v) is 7.34. The Morgan fingerprint density at radius 2 is 1.74 bits per heavy atom. The molecule has 0 fully saturated rings. The van der Waals surface area contributed by atoms with Crippen LogP contribution < -0.4 is 10.6 Å². The van der Waals surface area contributed by atoms with E-state index in [9.17, 15) is 9.90 Å². The van der Waals surface area contributed by atoms with Crippen molar-refractivity contribution >= 4 is 5.91 Å². The fraction of sp³-hybridized carbons (Fsp3) is 0.933. The van der Waals surface area contributed by atoms with Crippen molar-refractivity contribution < 1.29 is 9.90 Å². The van der Waals surface area contributed by atoms with Crippen LogP contribution in [0, 0.1) is 5.92 Å². The largest absolute Gasteiger partial charge is 0.382 e. The monoisotopic (exact) mass is 272 g/mol. The van der Waals surface area contributed by atoms with Gasteiger partial charge < -0.3 is 15.7 Å². The molecule has 1 amide bonds. The molecule has 3 N–H and O–H groups in total. The number of aliphatic hydroxyl groups is 1. The van der Waals surface area contributed by atoms with Crippen molar-refractivity contribution in [2.24, 2.45) is 5.92 Å². The predicted molar refractivity (Wildman–Crippen MR) is 80.0 cm³/mol. The van der Waals surface area contributed by atoms with Gasteiger partial charge in [-0.15, -0.1) is 0 Å². The Labute approximate surface area is 118 Å². The van der Waals surface area contributed by atoms with E-state index in [2.05, 4.69) is 17.6 Å². The SMILES string of the molecule is CCCC(NC(C)(C)C)C(O)C(=O)NC(C)C(C)C. The third kappa shape index (κ3) is 7.53. The second-order valence-electron chi connectivity index (χ2n) is 6.78. The summed E-state index contributed by atoms with van der Waals surface area (Å²) in [7, 11) is 0. The highest BCUT2D eigenvalue weighted by Gasteiger charge is 2.29. The Kier molecular flexibility index (Phi) is 7.60. The third-order valence-corrected chi connectivity index (χ3v) is 3.24. The molecular formula is C15H32N2O2. The van der Waals surface area contributed by atoms with Crippen LogP contribution in [0.5, 0.6) is 0 Å². The molecule has 0 rings (SSSR count). The Hall–Kier alpha value is -0.610. The molecule has 0 aromatic carbocycles. The highest BCUT2D eigenvalue weighted by atomic mass is 16.3. The van der Waals surface area contributed by atoms with Crippen molar-refractivity contribution in [2.45, 2.75) is 85.0 Å². The van der Waals surface area contributed by atoms with Crippen molar-refractivity contribution in [3.63, 3.8) is 0 Å².